The van der Waals surface area contributed by atoms with E-state index < -0.39 is 5.97 Å². The van der Waals surface area contributed by atoms with Crippen LogP contribution in [0.5, 0.6) is 0 Å². The summed E-state index contributed by atoms with van der Waals surface area (Å²) in [5, 5.41) is 21.8. The van der Waals surface area contributed by atoms with Gasteiger partial charge in [-0.05, 0) is 30.4 Å². The van der Waals surface area contributed by atoms with Crippen LogP contribution in [-0.4, -0.2) is 17.0 Å². The monoisotopic (exact) mass is 384 g/mol. The van der Waals surface area contributed by atoms with Crippen molar-refractivity contribution in [3.8, 4) is 17.2 Å². The van der Waals surface area contributed by atoms with Gasteiger partial charge in [-0.1, -0.05) is 44.5 Å². The van der Waals surface area contributed by atoms with Crippen molar-refractivity contribution in [2.75, 3.05) is 5.32 Å². The van der Waals surface area contributed by atoms with E-state index in [1.165, 1.54) is 16.9 Å². The minimum atomic E-state index is -0.922. The van der Waals surface area contributed by atoms with E-state index in [0.717, 1.165) is 28.8 Å². The molecule has 2 N–H and O–H groups in total. The van der Waals surface area contributed by atoms with Crippen molar-refractivity contribution in [1.29, 1.82) is 5.26 Å². The van der Waals surface area contributed by atoms with Gasteiger partial charge in [0.1, 0.15) is 11.1 Å². The Morgan fingerprint density at radius 2 is 1.93 bits per heavy atom. The standard InChI is InChI=1S/C21H24N2O3S/c1-4-5-15-6-8-16(9-7-15)20-14(3)27-21(17(20)12-22)23-18(24)10-13(2)11-19(25)26/h6-9,13H,4-5,10-11H2,1-3H3,(H,23,24)(H,25,26)/t13-/m1/s1. The second kappa shape index (κ2) is 9.33. The van der Waals surface area contributed by atoms with Crippen molar-refractivity contribution in [2.24, 2.45) is 5.92 Å². The van der Waals surface area contributed by atoms with E-state index in [2.05, 4.69) is 30.4 Å². The van der Waals surface area contributed by atoms with Gasteiger partial charge in [0.2, 0.25) is 5.91 Å². The summed E-state index contributed by atoms with van der Waals surface area (Å²) < 4.78 is 0. The number of carbonyl (C=O) groups excluding carboxylic acids is 1. The average Bonchev–Trinajstić information content (AvgIpc) is 2.89. The number of nitrogens with one attached hydrogen (secondary N) is 1. The van der Waals surface area contributed by atoms with Gasteiger partial charge in [0.25, 0.3) is 0 Å². The molecule has 0 unspecified atom stereocenters. The van der Waals surface area contributed by atoms with Gasteiger partial charge < -0.3 is 10.4 Å². The maximum atomic E-state index is 12.2. The van der Waals surface area contributed by atoms with Gasteiger partial charge in [0, 0.05) is 23.3 Å². The van der Waals surface area contributed by atoms with E-state index in [9.17, 15) is 14.9 Å². The van der Waals surface area contributed by atoms with E-state index in [-0.39, 0.29) is 24.7 Å². The summed E-state index contributed by atoms with van der Waals surface area (Å²) in [4.78, 5) is 23.9. The molecule has 142 valence electrons. The van der Waals surface area contributed by atoms with Crippen molar-refractivity contribution < 1.29 is 14.7 Å². The molecule has 6 heteroatoms. The molecule has 1 aromatic carbocycles. The SMILES string of the molecule is CCCc1ccc(-c2c(C)sc(NC(=O)C[C@@H](C)CC(=O)O)c2C#N)cc1. The van der Waals surface area contributed by atoms with Gasteiger partial charge in [-0.25, -0.2) is 0 Å². The van der Waals surface area contributed by atoms with E-state index in [1.807, 2.05) is 19.1 Å². The van der Waals surface area contributed by atoms with Crippen molar-refractivity contribution in [2.45, 2.75) is 46.5 Å². The van der Waals surface area contributed by atoms with Gasteiger partial charge in [-0.2, -0.15) is 5.26 Å². The number of carboxylic acid groups (broad SMARTS) is 1. The number of nitrogens with zero attached hydrogens (tertiary/aromatic N) is 1. The number of aliphatic carboxylic acids is 1. The summed E-state index contributed by atoms with van der Waals surface area (Å²) in [7, 11) is 0. The molecule has 1 aromatic heterocycles. The Kier molecular flexibility index (Phi) is 7.14. The van der Waals surface area contributed by atoms with Crippen LogP contribution in [0.25, 0.3) is 11.1 Å². The van der Waals surface area contributed by atoms with Crippen LogP contribution in [0.2, 0.25) is 0 Å². The quantitative estimate of drug-likeness (QED) is 0.671. The maximum Gasteiger partial charge on any atom is 0.303 e. The fraction of sp³-hybridized carbons (Fsp3) is 0.381. The number of hydrogen-bond donors (Lipinski definition) is 2. The molecule has 1 heterocycles. The third-order valence-corrected chi connectivity index (χ3v) is 5.31. The van der Waals surface area contributed by atoms with Gasteiger partial charge in [-0.3, -0.25) is 9.59 Å². The largest absolute Gasteiger partial charge is 0.481 e. The van der Waals surface area contributed by atoms with Gasteiger partial charge in [-0.15, -0.1) is 11.3 Å². The van der Waals surface area contributed by atoms with Crippen LogP contribution in [0.1, 0.15) is 49.1 Å². The lowest BCUT2D eigenvalue weighted by Crippen LogP contribution is -2.16. The highest BCUT2D eigenvalue weighted by Gasteiger charge is 2.20. The van der Waals surface area contributed by atoms with E-state index >= 15 is 0 Å². The van der Waals surface area contributed by atoms with Crippen LogP contribution in [0, 0.1) is 24.2 Å². The fourth-order valence-electron chi connectivity index (χ4n) is 3.08. The lowest BCUT2D eigenvalue weighted by atomic mass is 9.99. The number of benzene rings is 1. The van der Waals surface area contributed by atoms with E-state index in [0.29, 0.717) is 10.6 Å². The van der Waals surface area contributed by atoms with Crippen molar-refractivity contribution in [1.82, 2.24) is 0 Å². The highest BCUT2D eigenvalue weighted by molar-refractivity contribution is 7.17. The number of carbonyl (C=O) groups is 2. The predicted molar refractivity (Wildman–Crippen MR) is 108 cm³/mol. The minimum absolute atomic E-state index is 0.0582. The second-order valence-corrected chi connectivity index (χ2v) is 7.98. The number of anilines is 1. The number of rotatable bonds is 8. The first-order chi connectivity index (χ1) is 12.8. The van der Waals surface area contributed by atoms with E-state index in [1.54, 1.807) is 6.92 Å². The molecule has 27 heavy (non-hydrogen) atoms. The van der Waals surface area contributed by atoms with E-state index in [4.69, 9.17) is 5.11 Å². The molecule has 0 aliphatic heterocycles. The number of thiophene rings is 1. The number of hydrogen-bond acceptors (Lipinski definition) is 4. The van der Waals surface area contributed by atoms with Gasteiger partial charge in [0.15, 0.2) is 0 Å². The number of nitriles is 1. The summed E-state index contributed by atoms with van der Waals surface area (Å²) in [6.45, 7) is 5.79. The first-order valence-corrected chi connectivity index (χ1v) is 9.81. The number of carboxylic acids is 1. The van der Waals surface area contributed by atoms with Crippen LogP contribution < -0.4 is 5.32 Å². The minimum Gasteiger partial charge on any atom is -0.481 e. The zero-order valence-corrected chi connectivity index (χ0v) is 16.7. The molecular weight excluding hydrogens is 360 g/mol. The topological polar surface area (TPSA) is 90.2 Å². The zero-order chi connectivity index (χ0) is 20.0. The predicted octanol–water partition coefficient (Wildman–Crippen LogP) is 4.99. The van der Waals surface area contributed by atoms with Crippen LogP contribution in [0.3, 0.4) is 0 Å². The Balaban J connectivity index is 2.23. The number of aryl methyl sites for hydroxylation is 2. The van der Waals surface area contributed by atoms with Gasteiger partial charge >= 0.3 is 5.97 Å². The van der Waals surface area contributed by atoms with Crippen LogP contribution in [0.15, 0.2) is 24.3 Å². The average molecular weight is 385 g/mol. The van der Waals surface area contributed by atoms with Crippen LogP contribution in [-0.2, 0) is 16.0 Å². The van der Waals surface area contributed by atoms with Crippen molar-refractivity contribution >= 4 is 28.2 Å². The summed E-state index contributed by atoms with van der Waals surface area (Å²) >= 11 is 1.37. The molecule has 1 amide bonds. The lowest BCUT2D eigenvalue weighted by Gasteiger charge is -2.09. The molecule has 0 aliphatic carbocycles. The van der Waals surface area contributed by atoms with Crippen molar-refractivity contribution in [3.05, 3.63) is 40.3 Å². The number of amides is 1. The van der Waals surface area contributed by atoms with Crippen molar-refractivity contribution in [3.63, 3.8) is 0 Å². The van der Waals surface area contributed by atoms with Crippen LogP contribution >= 0.6 is 11.3 Å². The third-order valence-electron chi connectivity index (χ3n) is 4.29. The molecule has 0 saturated heterocycles. The fourth-order valence-corrected chi connectivity index (χ4v) is 4.12. The lowest BCUT2D eigenvalue weighted by molar-refractivity contribution is -0.138. The first-order valence-electron chi connectivity index (χ1n) is 9.00. The molecule has 2 aromatic rings. The maximum absolute atomic E-state index is 12.2. The summed E-state index contributed by atoms with van der Waals surface area (Å²) in [6.07, 6.45) is 2.15. The molecule has 5 nitrogen and oxygen atoms in total. The molecule has 0 saturated carbocycles. The molecule has 2 rings (SSSR count). The molecule has 0 aliphatic rings. The first kappa shape index (κ1) is 20.7. The molecule has 0 radical (unpaired) electrons. The highest BCUT2D eigenvalue weighted by atomic mass is 32.1. The van der Waals surface area contributed by atoms with Gasteiger partial charge in [0.05, 0.1) is 5.56 Å². The summed E-state index contributed by atoms with van der Waals surface area (Å²) in [6, 6.07) is 10.4. The third kappa shape index (κ3) is 5.41. The Morgan fingerprint density at radius 1 is 1.26 bits per heavy atom. The Labute approximate surface area is 163 Å². The molecule has 0 fully saturated rings. The molecular formula is C21H24N2O3S. The second-order valence-electron chi connectivity index (χ2n) is 6.75. The normalized spacial score (nSPS) is 11.6. The Bertz CT molecular complexity index is 863. The van der Waals surface area contributed by atoms with Crippen LogP contribution in [0.4, 0.5) is 5.00 Å². The molecule has 1 atom stereocenters. The zero-order valence-electron chi connectivity index (χ0n) is 15.8. The molecule has 0 spiro atoms. The Hall–Kier alpha value is -2.65. The molecule has 0 bridgehead atoms. The Morgan fingerprint density at radius 3 is 2.48 bits per heavy atom. The highest BCUT2D eigenvalue weighted by Crippen LogP contribution is 2.39. The smallest absolute Gasteiger partial charge is 0.303 e. The summed E-state index contributed by atoms with van der Waals surface area (Å²) in [5.41, 5.74) is 3.52. The summed E-state index contributed by atoms with van der Waals surface area (Å²) in [5.74, 6) is -1.46.